The molecule has 0 aliphatic carbocycles. The van der Waals surface area contributed by atoms with Crippen molar-refractivity contribution in [2.45, 2.75) is 0 Å². The molecular weight excluding hydrogens is 617 g/mol. The summed E-state index contributed by atoms with van der Waals surface area (Å²) in [5.41, 5.74) is -6.31. The molecule has 1 heteroatoms. The Morgan fingerprint density at radius 2 is 0.784 bits per heavy atom. The van der Waals surface area contributed by atoms with Crippen molar-refractivity contribution in [3.05, 3.63) is 181 Å². The van der Waals surface area contributed by atoms with Gasteiger partial charge in [-0.25, -0.2) is 0 Å². The van der Waals surface area contributed by atoms with Crippen LogP contribution in [0, 0.1) is 0 Å². The SMILES string of the molecule is [2H]c1c([2H])c(-c2c([2H])c([2H])c3c(c2[2H])c([2H])c([2H])c2c([2H])c([2H])c([2H])c([2H])c23)c([2H])c(-c2c3c([2H])c([2H])c([2H])c([2H])c3c(-c3c([2H])c([2H])c4oc5c([2H])c([2H])c6c([2H])c([2H])c([2H])c([2H])c6c5c4c3[2H])c3c([2H])c([2H])c([2H])c([2H])c23)c1[2H]. The summed E-state index contributed by atoms with van der Waals surface area (Å²) < 4.78 is 279. The van der Waals surface area contributed by atoms with E-state index >= 15 is 0 Å². The lowest BCUT2D eigenvalue weighted by Crippen LogP contribution is -1.91. The van der Waals surface area contributed by atoms with E-state index in [2.05, 4.69) is 0 Å². The van der Waals surface area contributed by atoms with Crippen molar-refractivity contribution >= 4 is 75.8 Å². The monoisotopic (exact) mass is 676 g/mol. The van der Waals surface area contributed by atoms with Crippen molar-refractivity contribution in [1.82, 2.24) is 0 Å². The van der Waals surface area contributed by atoms with Gasteiger partial charge >= 0.3 is 0 Å². The molecule has 0 amide bonds. The molecule has 1 aromatic heterocycles. The topological polar surface area (TPSA) is 13.1 Å². The van der Waals surface area contributed by atoms with E-state index in [-0.39, 0.29) is 0 Å². The van der Waals surface area contributed by atoms with Gasteiger partial charge in [0.25, 0.3) is 0 Å². The second-order valence-electron chi connectivity index (χ2n) is 11.3. The second kappa shape index (κ2) is 10.9. The van der Waals surface area contributed by atoms with Crippen LogP contribution in [0.5, 0.6) is 0 Å². The first-order chi connectivity index (χ1) is 37.8. The van der Waals surface area contributed by atoms with E-state index in [1.54, 1.807) is 0 Å². The first-order valence-electron chi connectivity index (χ1n) is 30.2. The summed E-state index contributed by atoms with van der Waals surface area (Å²) in [7, 11) is 0. The van der Waals surface area contributed by atoms with Crippen molar-refractivity contribution in [2.24, 2.45) is 0 Å². The summed E-state index contributed by atoms with van der Waals surface area (Å²) >= 11 is 0. The van der Waals surface area contributed by atoms with E-state index in [1.807, 2.05) is 0 Å². The van der Waals surface area contributed by atoms with Crippen molar-refractivity contribution in [2.75, 3.05) is 0 Å². The van der Waals surface area contributed by atoms with Crippen LogP contribution in [0.1, 0.15) is 41.1 Å². The van der Waals surface area contributed by atoms with Gasteiger partial charge < -0.3 is 4.42 Å². The van der Waals surface area contributed by atoms with Crippen LogP contribution in [0.4, 0.5) is 0 Å². The fourth-order valence-electron chi connectivity index (χ4n) is 6.33. The van der Waals surface area contributed by atoms with Crippen LogP contribution < -0.4 is 0 Å². The van der Waals surface area contributed by atoms with Gasteiger partial charge in [0, 0.05) is 10.8 Å². The normalized spacial score (nSPS) is 20.2. The molecule has 0 fully saturated rings. The van der Waals surface area contributed by atoms with Crippen molar-refractivity contribution < 1.29 is 45.5 Å². The van der Waals surface area contributed by atoms with E-state index < -0.39 is 290 Å². The van der Waals surface area contributed by atoms with Crippen LogP contribution in [-0.2, 0) is 0 Å². The molecule has 0 aliphatic heterocycles. The highest BCUT2D eigenvalue weighted by atomic mass is 16.3. The highest BCUT2D eigenvalue weighted by Crippen LogP contribution is 2.46. The van der Waals surface area contributed by atoms with E-state index in [1.165, 1.54) is 0 Å². The molecule has 11 rings (SSSR count). The van der Waals surface area contributed by atoms with Gasteiger partial charge in [-0.2, -0.15) is 0 Å². The zero-order valence-electron chi connectivity index (χ0n) is 55.4. The predicted molar refractivity (Wildman–Crippen MR) is 218 cm³/mol. The Labute approximate surface area is 336 Å². The molecule has 0 bridgehead atoms. The average Bonchev–Trinajstić information content (AvgIpc) is 3.91. The number of hydrogen-bond donors (Lipinski definition) is 0. The van der Waals surface area contributed by atoms with Crippen LogP contribution in [0.15, 0.2) is 186 Å². The summed E-state index contributed by atoms with van der Waals surface area (Å²) in [5.74, 6) is 0. The maximum Gasteiger partial charge on any atom is 0.136 e. The largest absolute Gasteiger partial charge is 0.456 e. The molecular formula is C50H30O. The van der Waals surface area contributed by atoms with E-state index in [0.29, 0.717) is 0 Å². The Kier molecular flexibility index (Phi) is 2.50. The lowest BCUT2D eigenvalue weighted by atomic mass is 9.85. The molecule has 0 unspecified atom stereocenters. The summed E-state index contributed by atoms with van der Waals surface area (Å²) in [4.78, 5) is 0. The summed E-state index contributed by atoms with van der Waals surface area (Å²) in [5, 5.41) is -7.36. The Balaban J connectivity index is 1.38. The molecule has 0 aliphatic rings. The van der Waals surface area contributed by atoms with Gasteiger partial charge in [-0.1, -0.05) is 151 Å². The molecule has 1 nitrogen and oxygen atoms in total. The van der Waals surface area contributed by atoms with Crippen molar-refractivity contribution in [3.8, 4) is 33.4 Å². The number of fused-ring (bicyclic) bond motifs is 10. The summed E-state index contributed by atoms with van der Waals surface area (Å²) in [6.07, 6.45) is 0. The van der Waals surface area contributed by atoms with Gasteiger partial charge in [-0.15, -0.1) is 0 Å². The highest BCUT2D eigenvalue weighted by molar-refractivity contribution is 6.24. The van der Waals surface area contributed by atoms with Gasteiger partial charge in [0.15, 0.2) is 0 Å². The van der Waals surface area contributed by atoms with Crippen LogP contribution in [-0.4, -0.2) is 0 Å². The number of benzene rings is 10. The van der Waals surface area contributed by atoms with E-state index in [9.17, 15) is 19.2 Å². The molecule has 11 aromatic rings. The van der Waals surface area contributed by atoms with E-state index in [0.717, 1.165) is 0 Å². The molecule has 0 N–H and O–H groups in total. The second-order valence-corrected chi connectivity index (χ2v) is 11.3. The van der Waals surface area contributed by atoms with Crippen LogP contribution >= 0.6 is 0 Å². The maximum atomic E-state index is 9.95. The van der Waals surface area contributed by atoms with Crippen LogP contribution in [0.25, 0.3) is 109 Å². The quantitative estimate of drug-likeness (QED) is 0.134. The molecule has 51 heavy (non-hydrogen) atoms. The van der Waals surface area contributed by atoms with Crippen LogP contribution in [0.3, 0.4) is 0 Å². The molecule has 0 atom stereocenters. The molecule has 0 saturated carbocycles. The standard InChI is InChI=1S/C50H30O/c1-3-14-38-31(10-1)20-21-35-28-34(22-25-39(35)38)33-12-9-13-36(29-33)48-41-16-5-7-18-43(41)49(44-19-8-6-17-42(44)48)37-24-26-46-45(30-37)50-40-15-4-2-11-32(40)23-27-47(50)51-46/h1-30H/i1D,2D,3D,4D,5D,6D,7D,8D,9D,10D,11D,12D,13D,14D,15D,16D,17D,18D,19D,20D,21D,22D,23D,24D,25D,26D,27D,28D,29D,30D. The fourth-order valence-corrected chi connectivity index (χ4v) is 6.33. The maximum absolute atomic E-state index is 9.95. The number of furan rings is 1. The lowest BCUT2D eigenvalue weighted by Gasteiger charge is -2.18. The summed E-state index contributed by atoms with van der Waals surface area (Å²) in [6, 6.07) is -28.1. The Bertz CT molecular complexity index is 4850. The van der Waals surface area contributed by atoms with Gasteiger partial charge in [-0.3, -0.25) is 0 Å². The highest BCUT2D eigenvalue weighted by Gasteiger charge is 2.19. The molecule has 0 radical (unpaired) electrons. The Morgan fingerprint density at radius 1 is 0.294 bits per heavy atom. The molecule has 0 spiro atoms. The predicted octanol–water partition coefficient (Wildman–Crippen LogP) is 14.4. The zero-order chi connectivity index (χ0) is 59.6. The molecule has 1 heterocycles. The smallest absolute Gasteiger partial charge is 0.136 e. The van der Waals surface area contributed by atoms with Gasteiger partial charge in [0.05, 0.1) is 41.1 Å². The van der Waals surface area contributed by atoms with Crippen molar-refractivity contribution in [3.63, 3.8) is 0 Å². The number of hydrogen-bond acceptors (Lipinski definition) is 1. The van der Waals surface area contributed by atoms with E-state index in [4.69, 9.17) is 26.3 Å². The molecule has 236 valence electrons. The van der Waals surface area contributed by atoms with Gasteiger partial charge in [0.2, 0.25) is 0 Å². The number of rotatable bonds is 3. The fraction of sp³-hybridized carbons (Fsp3) is 0. The third kappa shape index (κ3) is 4.28. The van der Waals surface area contributed by atoms with Gasteiger partial charge in [0.1, 0.15) is 11.2 Å². The lowest BCUT2D eigenvalue weighted by molar-refractivity contribution is 0.669. The minimum Gasteiger partial charge on any atom is -0.456 e. The zero-order valence-corrected chi connectivity index (χ0v) is 25.4. The third-order valence-corrected chi connectivity index (χ3v) is 8.51. The van der Waals surface area contributed by atoms with Gasteiger partial charge in [-0.05, 0) is 117 Å². The average molecular weight is 677 g/mol. The Hall–Kier alpha value is -6.70. The Morgan fingerprint density at radius 3 is 1.51 bits per heavy atom. The first kappa shape index (κ1) is 11.7. The summed E-state index contributed by atoms with van der Waals surface area (Å²) in [6.45, 7) is 0. The van der Waals surface area contributed by atoms with Crippen LogP contribution in [0.2, 0.25) is 0 Å². The first-order valence-corrected chi connectivity index (χ1v) is 15.2. The minimum atomic E-state index is -1.13. The molecule has 10 aromatic carbocycles. The van der Waals surface area contributed by atoms with Crippen molar-refractivity contribution in [1.29, 1.82) is 0 Å². The third-order valence-electron chi connectivity index (χ3n) is 8.51. The minimum absolute atomic E-state index is 0.424. The molecule has 0 saturated heterocycles.